The molecule has 0 N–H and O–H groups in total. The number of piperidine rings is 1. The van der Waals surface area contributed by atoms with Gasteiger partial charge in [-0.15, -0.1) is 0 Å². The van der Waals surface area contributed by atoms with E-state index in [1.807, 2.05) is 0 Å². The number of nitrogens with zero attached hydrogens (tertiary/aromatic N) is 1. The third-order valence-electron chi connectivity index (χ3n) is 6.10. The molecule has 2 aromatic carbocycles. The van der Waals surface area contributed by atoms with Crippen LogP contribution in [0.25, 0.3) is 0 Å². The van der Waals surface area contributed by atoms with Gasteiger partial charge in [0.2, 0.25) is 29.1 Å². The lowest BCUT2D eigenvalue weighted by atomic mass is 9.98. The molecular weight excluding hydrogens is 427 g/mol. The lowest BCUT2D eigenvalue weighted by molar-refractivity contribution is 0.0434. The molecule has 9 heteroatoms. The van der Waals surface area contributed by atoms with Crippen LogP contribution in [0.15, 0.2) is 18.2 Å². The molecule has 2 aliphatic rings. The van der Waals surface area contributed by atoms with Crippen molar-refractivity contribution in [3.8, 4) is 5.75 Å². The van der Waals surface area contributed by atoms with Crippen molar-refractivity contribution in [1.29, 1.82) is 0 Å². The highest BCUT2D eigenvalue weighted by atomic mass is 19.2. The first kappa shape index (κ1) is 21.9. The predicted molar refractivity (Wildman–Crippen MR) is 98.1 cm³/mol. The number of hydrogen-bond donors (Lipinski definition) is 0. The molecule has 2 saturated heterocycles. The summed E-state index contributed by atoms with van der Waals surface area (Å²) in [5, 5.41) is 0. The first-order chi connectivity index (χ1) is 14.7. The second-order valence-corrected chi connectivity index (χ2v) is 8.11. The molecule has 2 aliphatic heterocycles. The number of ether oxygens (including phenoxy) is 1. The van der Waals surface area contributed by atoms with Gasteiger partial charge in [0.1, 0.15) is 17.7 Å². The summed E-state index contributed by atoms with van der Waals surface area (Å²) in [7, 11) is 0. The van der Waals surface area contributed by atoms with Crippen molar-refractivity contribution in [3.05, 3.63) is 64.5 Å². The Morgan fingerprint density at radius 3 is 1.81 bits per heavy atom. The number of rotatable bonds is 6. The molecule has 2 aromatic rings. The monoisotopic (exact) mass is 447 g/mol. The molecule has 2 unspecified atom stereocenters. The van der Waals surface area contributed by atoms with Crippen molar-refractivity contribution in [3.63, 3.8) is 0 Å². The molecule has 2 nitrogen and oxygen atoms in total. The predicted octanol–water partition coefficient (Wildman–Crippen LogP) is 5.67. The van der Waals surface area contributed by atoms with E-state index in [9.17, 15) is 30.7 Å². The van der Waals surface area contributed by atoms with Gasteiger partial charge >= 0.3 is 0 Å². The molecular formula is C22H20F7NO. The van der Waals surface area contributed by atoms with Crippen LogP contribution in [0.4, 0.5) is 30.7 Å². The van der Waals surface area contributed by atoms with E-state index in [1.54, 1.807) is 0 Å². The fourth-order valence-corrected chi connectivity index (χ4v) is 4.76. The number of halogens is 7. The minimum absolute atomic E-state index is 0.0502. The molecule has 0 aromatic heterocycles. The van der Waals surface area contributed by atoms with Crippen molar-refractivity contribution in [2.45, 2.75) is 56.7 Å². The summed E-state index contributed by atoms with van der Waals surface area (Å²) in [5.74, 6) is -12.7. The van der Waals surface area contributed by atoms with Gasteiger partial charge in [0.05, 0.1) is 0 Å². The lowest BCUT2D eigenvalue weighted by Gasteiger charge is -2.39. The van der Waals surface area contributed by atoms with Crippen LogP contribution in [0.1, 0.15) is 37.7 Å². The summed E-state index contributed by atoms with van der Waals surface area (Å²) in [6, 6.07) is 3.51. The molecule has 2 fully saturated rings. The zero-order valence-corrected chi connectivity index (χ0v) is 16.4. The van der Waals surface area contributed by atoms with Gasteiger partial charge in [0.15, 0.2) is 5.75 Å². The summed E-state index contributed by atoms with van der Waals surface area (Å²) in [5.41, 5.74) is 0.564. The van der Waals surface area contributed by atoms with E-state index in [0.717, 1.165) is 18.9 Å². The van der Waals surface area contributed by atoms with E-state index < -0.39 is 52.6 Å². The van der Waals surface area contributed by atoms with Crippen LogP contribution in [-0.4, -0.2) is 29.6 Å². The Bertz CT molecular complexity index is 920. The SMILES string of the molecule is Fc1cc(F)cc(CCCN2C3CCC2CC(Oc2c(F)c(F)c(F)c(F)c2F)C3)c1. The molecule has 0 radical (unpaired) electrons. The second-order valence-electron chi connectivity index (χ2n) is 8.11. The number of benzene rings is 2. The highest BCUT2D eigenvalue weighted by Gasteiger charge is 2.42. The molecule has 2 bridgehead atoms. The minimum atomic E-state index is -2.21. The Morgan fingerprint density at radius 2 is 1.26 bits per heavy atom. The summed E-state index contributed by atoms with van der Waals surface area (Å²) >= 11 is 0. The van der Waals surface area contributed by atoms with Crippen LogP contribution in [0.2, 0.25) is 0 Å². The van der Waals surface area contributed by atoms with Gasteiger partial charge in [0.25, 0.3) is 0 Å². The Hall–Kier alpha value is -2.29. The average molecular weight is 447 g/mol. The van der Waals surface area contributed by atoms with Crippen LogP contribution in [0.3, 0.4) is 0 Å². The standard InChI is InChI=1S/C22H20F7NO/c23-12-6-11(7-13(24)8-12)2-1-5-30-14-3-4-15(30)10-16(9-14)31-22-20(28)18(26)17(25)19(27)21(22)29/h6-8,14-16H,1-5,9-10H2. The summed E-state index contributed by atoms with van der Waals surface area (Å²) in [6.45, 7) is 0.669. The first-order valence-electron chi connectivity index (χ1n) is 10.1. The first-order valence-corrected chi connectivity index (χ1v) is 10.1. The van der Waals surface area contributed by atoms with Crippen LogP contribution in [0.5, 0.6) is 5.75 Å². The molecule has 0 aliphatic carbocycles. The summed E-state index contributed by atoms with van der Waals surface area (Å²) in [6.07, 6.45) is 2.94. The van der Waals surface area contributed by atoms with Crippen molar-refractivity contribution >= 4 is 0 Å². The van der Waals surface area contributed by atoms with E-state index >= 15 is 0 Å². The van der Waals surface area contributed by atoms with Crippen molar-refractivity contribution in [2.75, 3.05) is 6.54 Å². The Morgan fingerprint density at radius 1 is 0.742 bits per heavy atom. The van der Waals surface area contributed by atoms with E-state index in [2.05, 4.69) is 4.90 Å². The Kier molecular flexibility index (Phi) is 6.14. The smallest absolute Gasteiger partial charge is 0.207 e. The molecule has 2 heterocycles. The van der Waals surface area contributed by atoms with E-state index in [-0.39, 0.29) is 12.1 Å². The topological polar surface area (TPSA) is 12.5 Å². The Balaban J connectivity index is 1.37. The fraction of sp³-hybridized carbons (Fsp3) is 0.455. The van der Waals surface area contributed by atoms with Gasteiger partial charge in [-0.1, -0.05) is 0 Å². The van der Waals surface area contributed by atoms with Gasteiger partial charge in [-0.25, -0.2) is 22.0 Å². The van der Waals surface area contributed by atoms with Gasteiger partial charge in [-0.2, -0.15) is 8.78 Å². The summed E-state index contributed by atoms with van der Waals surface area (Å²) < 4.78 is 99.8. The summed E-state index contributed by atoms with van der Waals surface area (Å²) in [4.78, 5) is 2.23. The van der Waals surface area contributed by atoms with Crippen molar-refractivity contribution < 1.29 is 35.5 Å². The van der Waals surface area contributed by atoms with Gasteiger partial charge in [-0.05, 0) is 62.8 Å². The third kappa shape index (κ3) is 4.37. The maximum absolute atomic E-state index is 13.9. The van der Waals surface area contributed by atoms with Gasteiger partial charge in [-0.3, -0.25) is 4.90 Å². The zero-order valence-electron chi connectivity index (χ0n) is 16.4. The van der Waals surface area contributed by atoms with Crippen LogP contribution >= 0.6 is 0 Å². The second kappa shape index (κ2) is 8.68. The molecule has 2 atom stereocenters. The third-order valence-corrected chi connectivity index (χ3v) is 6.10. The Labute approximate surface area is 174 Å². The van der Waals surface area contributed by atoms with Crippen molar-refractivity contribution in [1.82, 2.24) is 4.90 Å². The molecule has 0 saturated carbocycles. The van der Waals surface area contributed by atoms with Crippen LogP contribution in [0, 0.1) is 40.7 Å². The highest BCUT2D eigenvalue weighted by Crippen LogP contribution is 2.39. The molecule has 0 amide bonds. The fourth-order valence-electron chi connectivity index (χ4n) is 4.76. The van der Waals surface area contributed by atoms with E-state index in [0.29, 0.717) is 37.8 Å². The molecule has 31 heavy (non-hydrogen) atoms. The number of fused-ring (bicyclic) bond motifs is 2. The molecule has 4 rings (SSSR count). The van der Waals surface area contributed by atoms with E-state index in [1.165, 1.54) is 12.1 Å². The van der Waals surface area contributed by atoms with Gasteiger partial charge in [0, 0.05) is 18.2 Å². The highest BCUT2D eigenvalue weighted by molar-refractivity contribution is 5.30. The zero-order chi connectivity index (χ0) is 22.3. The largest absolute Gasteiger partial charge is 0.484 e. The normalized spacial score (nSPS) is 23.4. The minimum Gasteiger partial charge on any atom is -0.484 e. The van der Waals surface area contributed by atoms with Crippen LogP contribution in [-0.2, 0) is 6.42 Å². The van der Waals surface area contributed by atoms with Gasteiger partial charge < -0.3 is 4.74 Å². The lowest BCUT2D eigenvalue weighted by Crippen LogP contribution is -2.46. The maximum Gasteiger partial charge on any atom is 0.207 e. The molecule has 0 spiro atoms. The quantitative estimate of drug-likeness (QED) is 0.322. The van der Waals surface area contributed by atoms with Crippen LogP contribution < -0.4 is 4.74 Å². The maximum atomic E-state index is 13.9. The molecule has 168 valence electrons. The van der Waals surface area contributed by atoms with E-state index in [4.69, 9.17) is 4.74 Å². The average Bonchev–Trinajstić information content (AvgIpc) is 2.95. The number of hydrogen-bond acceptors (Lipinski definition) is 2. The number of aryl methyl sites for hydroxylation is 1. The van der Waals surface area contributed by atoms with Crippen molar-refractivity contribution in [2.24, 2.45) is 0 Å².